The molecular weight excluding hydrogens is 210 g/mol. The van der Waals surface area contributed by atoms with E-state index < -0.39 is 17.4 Å². The summed E-state index contributed by atoms with van der Waals surface area (Å²) >= 11 is 0. The molecule has 0 saturated carbocycles. The number of hydrogen-bond donors (Lipinski definition) is 3. The van der Waals surface area contributed by atoms with Crippen molar-refractivity contribution in [1.29, 1.82) is 0 Å². The van der Waals surface area contributed by atoms with E-state index in [0.29, 0.717) is 26.3 Å². The minimum atomic E-state index is -0.641. The van der Waals surface area contributed by atoms with Gasteiger partial charge < -0.3 is 21.1 Å². The van der Waals surface area contributed by atoms with E-state index in [0.717, 1.165) is 12.8 Å². The maximum Gasteiger partial charge on any atom is 0.309 e. The SMILES string of the molecule is CC1(NC(=O)C(=O)NCCN)CCCOC1. The van der Waals surface area contributed by atoms with Gasteiger partial charge in [0.25, 0.3) is 0 Å². The van der Waals surface area contributed by atoms with Crippen molar-refractivity contribution < 1.29 is 14.3 Å². The van der Waals surface area contributed by atoms with E-state index in [9.17, 15) is 9.59 Å². The molecule has 4 N–H and O–H groups in total. The van der Waals surface area contributed by atoms with E-state index in [1.165, 1.54) is 0 Å². The minimum absolute atomic E-state index is 0.305. The zero-order chi connectivity index (χ0) is 12.0. The molecule has 6 heteroatoms. The highest BCUT2D eigenvalue weighted by Gasteiger charge is 2.31. The van der Waals surface area contributed by atoms with Gasteiger partial charge >= 0.3 is 11.8 Å². The standard InChI is InChI=1S/C10H19N3O3/c1-10(3-2-6-16-7-10)13-9(15)8(14)12-5-4-11/h2-7,11H2,1H3,(H,12,14)(H,13,15). The predicted molar refractivity (Wildman–Crippen MR) is 58.7 cm³/mol. The lowest BCUT2D eigenvalue weighted by Gasteiger charge is -2.33. The fraction of sp³-hybridized carbons (Fsp3) is 0.800. The highest BCUT2D eigenvalue weighted by atomic mass is 16.5. The number of nitrogens with two attached hydrogens (primary N) is 1. The van der Waals surface area contributed by atoms with Crippen molar-refractivity contribution in [2.45, 2.75) is 25.3 Å². The van der Waals surface area contributed by atoms with Gasteiger partial charge in [-0.15, -0.1) is 0 Å². The lowest BCUT2D eigenvalue weighted by atomic mass is 9.95. The third-order valence-electron chi connectivity index (χ3n) is 2.49. The Balaban J connectivity index is 2.40. The number of rotatable bonds is 3. The van der Waals surface area contributed by atoms with Crippen LogP contribution < -0.4 is 16.4 Å². The molecule has 1 aliphatic rings. The highest BCUT2D eigenvalue weighted by molar-refractivity contribution is 6.35. The topological polar surface area (TPSA) is 93.5 Å². The number of amides is 2. The van der Waals surface area contributed by atoms with Crippen LogP contribution in [-0.4, -0.2) is 43.7 Å². The van der Waals surface area contributed by atoms with Crippen LogP contribution in [0.3, 0.4) is 0 Å². The summed E-state index contributed by atoms with van der Waals surface area (Å²) in [7, 11) is 0. The first kappa shape index (κ1) is 12.9. The summed E-state index contributed by atoms with van der Waals surface area (Å²) < 4.78 is 5.28. The minimum Gasteiger partial charge on any atom is -0.379 e. The zero-order valence-electron chi connectivity index (χ0n) is 9.54. The summed E-state index contributed by atoms with van der Waals surface area (Å²) in [4.78, 5) is 22.8. The van der Waals surface area contributed by atoms with Crippen molar-refractivity contribution in [3.05, 3.63) is 0 Å². The van der Waals surface area contributed by atoms with Gasteiger partial charge in [0.15, 0.2) is 0 Å². The zero-order valence-corrected chi connectivity index (χ0v) is 9.54. The third-order valence-corrected chi connectivity index (χ3v) is 2.49. The summed E-state index contributed by atoms with van der Waals surface area (Å²) in [5, 5.41) is 5.11. The molecule has 0 aromatic heterocycles. The molecule has 1 rings (SSSR count). The molecule has 0 aromatic carbocycles. The number of carbonyl (C=O) groups is 2. The van der Waals surface area contributed by atoms with E-state index in [2.05, 4.69) is 10.6 Å². The van der Waals surface area contributed by atoms with Crippen LogP contribution in [0.5, 0.6) is 0 Å². The summed E-state index contributed by atoms with van der Waals surface area (Å²) in [6.45, 7) is 3.66. The molecule has 1 fully saturated rings. The lowest BCUT2D eigenvalue weighted by Crippen LogP contribution is -2.55. The molecule has 1 atom stereocenters. The molecule has 1 unspecified atom stereocenters. The Hall–Kier alpha value is -1.14. The largest absolute Gasteiger partial charge is 0.379 e. The van der Waals surface area contributed by atoms with Gasteiger partial charge in [-0.1, -0.05) is 0 Å². The van der Waals surface area contributed by atoms with Gasteiger partial charge in [-0.05, 0) is 19.8 Å². The van der Waals surface area contributed by atoms with Crippen molar-refractivity contribution in [3.8, 4) is 0 Å². The average Bonchev–Trinajstić information content (AvgIpc) is 2.26. The van der Waals surface area contributed by atoms with Gasteiger partial charge in [-0.25, -0.2) is 0 Å². The van der Waals surface area contributed by atoms with Crippen LogP contribution in [0, 0.1) is 0 Å². The Morgan fingerprint density at radius 1 is 1.44 bits per heavy atom. The van der Waals surface area contributed by atoms with Crippen LogP contribution in [0.4, 0.5) is 0 Å². The van der Waals surface area contributed by atoms with Crippen LogP contribution >= 0.6 is 0 Å². The Bertz CT molecular complexity index is 262. The van der Waals surface area contributed by atoms with E-state index in [1.807, 2.05) is 6.92 Å². The lowest BCUT2D eigenvalue weighted by molar-refractivity contribution is -0.141. The number of nitrogens with one attached hydrogen (secondary N) is 2. The fourth-order valence-electron chi connectivity index (χ4n) is 1.63. The molecule has 0 radical (unpaired) electrons. The van der Waals surface area contributed by atoms with E-state index in [4.69, 9.17) is 10.5 Å². The van der Waals surface area contributed by atoms with Gasteiger partial charge in [0.05, 0.1) is 12.1 Å². The molecule has 1 saturated heterocycles. The van der Waals surface area contributed by atoms with Crippen molar-refractivity contribution in [2.24, 2.45) is 5.73 Å². The van der Waals surface area contributed by atoms with Crippen molar-refractivity contribution in [2.75, 3.05) is 26.3 Å². The predicted octanol–water partition coefficient (Wildman–Crippen LogP) is -1.25. The van der Waals surface area contributed by atoms with E-state index in [-0.39, 0.29) is 0 Å². The molecule has 2 amide bonds. The monoisotopic (exact) mass is 229 g/mol. The molecule has 0 aliphatic carbocycles. The summed E-state index contributed by atoms with van der Waals surface area (Å²) in [5.74, 6) is -1.27. The molecular formula is C10H19N3O3. The molecule has 0 bridgehead atoms. The number of carbonyl (C=O) groups excluding carboxylic acids is 2. The first-order valence-corrected chi connectivity index (χ1v) is 5.45. The first-order chi connectivity index (χ1) is 7.57. The molecule has 1 aliphatic heterocycles. The normalized spacial score (nSPS) is 24.9. The smallest absolute Gasteiger partial charge is 0.309 e. The second-order valence-electron chi connectivity index (χ2n) is 4.22. The van der Waals surface area contributed by atoms with Crippen LogP contribution in [0.25, 0.3) is 0 Å². The highest BCUT2D eigenvalue weighted by Crippen LogP contribution is 2.17. The van der Waals surface area contributed by atoms with Gasteiger partial charge in [-0.3, -0.25) is 9.59 Å². The fourth-order valence-corrected chi connectivity index (χ4v) is 1.63. The Morgan fingerprint density at radius 2 is 2.19 bits per heavy atom. The quantitative estimate of drug-likeness (QED) is 0.527. The maximum absolute atomic E-state index is 11.5. The van der Waals surface area contributed by atoms with Gasteiger partial charge in [-0.2, -0.15) is 0 Å². The second-order valence-corrected chi connectivity index (χ2v) is 4.22. The molecule has 16 heavy (non-hydrogen) atoms. The molecule has 6 nitrogen and oxygen atoms in total. The molecule has 0 aromatic rings. The van der Waals surface area contributed by atoms with Crippen LogP contribution in [0.1, 0.15) is 19.8 Å². The Kier molecular flexibility index (Phi) is 4.70. The third kappa shape index (κ3) is 3.79. The maximum atomic E-state index is 11.5. The van der Waals surface area contributed by atoms with E-state index >= 15 is 0 Å². The van der Waals surface area contributed by atoms with Gasteiger partial charge in [0, 0.05) is 19.7 Å². The van der Waals surface area contributed by atoms with E-state index in [1.54, 1.807) is 0 Å². The molecule has 92 valence electrons. The van der Waals surface area contributed by atoms with Crippen molar-refractivity contribution >= 4 is 11.8 Å². The average molecular weight is 229 g/mol. The summed E-state index contributed by atoms with van der Waals surface area (Å²) in [6, 6.07) is 0. The molecule has 0 spiro atoms. The number of ether oxygens (including phenoxy) is 1. The van der Waals surface area contributed by atoms with Gasteiger partial charge in [0.1, 0.15) is 0 Å². The summed E-state index contributed by atoms with van der Waals surface area (Å²) in [6.07, 6.45) is 1.71. The first-order valence-electron chi connectivity index (χ1n) is 5.45. The van der Waals surface area contributed by atoms with Crippen LogP contribution in [0.15, 0.2) is 0 Å². The van der Waals surface area contributed by atoms with Gasteiger partial charge in [0.2, 0.25) is 0 Å². The van der Waals surface area contributed by atoms with Crippen molar-refractivity contribution in [3.63, 3.8) is 0 Å². The second kappa shape index (κ2) is 5.81. The summed E-state index contributed by atoms with van der Waals surface area (Å²) in [5.41, 5.74) is 4.79. The van der Waals surface area contributed by atoms with Crippen molar-refractivity contribution in [1.82, 2.24) is 10.6 Å². The Labute approximate surface area is 94.9 Å². The van der Waals surface area contributed by atoms with Crippen LogP contribution in [-0.2, 0) is 14.3 Å². The number of hydrogen-bond acceptors (Lipinski definition) is 4. The Morgan fingerprint density at radius 3 is 2.75 bits per heavy atom. The van der Waals surface area contributed by atoms with Crippen LogP contribution in [0.2, 0.25) is 0 Å². The molecule has 1 heterocycles.